The molecule has 13 heteroatoms. The quantitative estimate of drug-likeness (QED) is 0.135. The molecule has 1 fully saturated rings. The summed E-state index contributed by atoms with van der Waals surface area (Å²) in [5.74, 6) is -0.346. The lowest BCUT2D eigenvalue weighted by Crippen LogP contribution is -2.33. The zero-order valence-electron chi connectivity index (χ0n) is 23.0. The molecule has 38 heavy (non-hydrogen) atoms. The van der Waals surface area contributed by atoms with Crippen LogP contribution in [0, 0.1) is 0 Å². The van der Waals surface area contributed by atoms with Gasteiger partial charge in [-0.25, -0.2) is 4.79 Å². The maximum atomic E-state index is 12.6. The Morgan fingerprint density at radius 1 is 1.24 bits per heavy atom. The summed E-state index contributed by atoms with van der Waals surface area (Å²) in [6.07, 6.45) is 5.51. The second-order valence-corrected chi connectivity index (χ2v) is 12.3. The predicted molar refractivity (Wildman–Crippen MR) is 145 cm³/mol. The van der Waals surface area contributed by atoms with Gasteiger partial charge < -0.3 is 29.5 Å². The van der Waals surface area contributed by atoms with Gasteiger partial charge >= 0.3 is 13.3 Å². The van der Waals surface area contributed by atoms with Crippen molar-refractivity contribution in [1.29, 1.82) is 0 Å². The van der Waals surface area contributed by atoms with Gasteiger partial charge in [0.2, 0.25) is 5.91 Å². The van der Waals surface area contributed by atoms with E-state index in [9.17, 15) is 23.8 Å². The van der Waals surface area contributed by atoms with Gasteiger partial charge in [0.1, 0.15) is 12.3 Å². The number of aromatic amines is 1. The summed E-state index contributed by atoms with van der Waals surface area (Å²) in [6, 6.07) is 0. The lowest BCUT2D eigenvalue weighted by molar-refractivity contribution is -0.116. The highest BCUT2D eigenvalue weighted by Gasteiger charge is 2.42. The van der Waals surface area contributed by atoms with Gasteiger partial charge in [-0.15, -0.1) is 0 Å². The van der Waals surface area contributed by atoms with E-state index in [-0.39, 0.29) is 30.6 Å². The van der Waals surface area contributed by atoms with E-state index in [0.29, 0.717) is 6.54 Å². The van der Waals surface area contributed by atoms with Crippen molar-refractivity contribution in [3.63, 3.8) is 0 Å². The smallest absolute Gasteiger partial charge is 0.330 e. The van der Waals surface area contributed by atoms with Gasteiger partial charge in [0.05, 0.1) is 30.0 Å². The van der Waals surface area contributed by atoms with Crippen molar-refractivity contribution >= 4 is 19.6 Å². The minimum atomic E-state index is -3.93. The number of hydrogen-bond donors (Lipinski definition) is 4. The number of aromatic nitrogens is 2. The molecule has 1 amide bonds. The summed E-state index contributed by atoms with van der Waals surface area (Å²) in [6.45, 7) is 8.45. The molecular weight excluding hydrogens is 515 g/mol. The molecule has 2 rings (SSSR count). The van der Waals surface area contributed by atoms with Crippen LogP contribution in [0.25, 0.3) is 6.08 Å². The molecule has 0 aromatic carbocycles. The highest BCUT2D eigenvalue weighted by molar-refractivity contribution is 7.53. The zero-order chi connectivity index (χ0) is 28.3. The maximum Gasteiger partial charge on any atom is 0.330 e. The van der Waals surface area contributed by atoms with Crippen molar-refractivity contribution in [1.82, 2.24) is 20.2 Å². The Labute approximate surface area is 223 Å². The normalized spacial score (nSPS) is 21.4. The van der Waals surface area contributed by atoms with Gasteiger partial charge in [0.15, 0.2) is 0 Å². The van der Waals surface area contributed by atoms with Crippen LogP contribution in [0.3, 0.4) is 0 Å². The van der Waals surface area contributed by atoms with Crippen LogP contribution >= 0.6 is 7.60 Å². The monoisotopic (exact) mass is 558 g/mol. The van der Waals surface area contributed by atoms with Crippen molar-refractivity contribution in [2.45, 2.75) is 90.0 Å². The number of nitrogens with one attached hydrogen (secondary N) is 3. The van der Waals surface area contributed by atoms with E-state index in [0.717, 1.165) is 32.2 Å². The lowest BCUT2D eigenvalue weighted by Gasteiger charge is -2.24. The van der Waals surface area contributed by atoms with Crippen LogP contribution in [0.1, 0.15) is 71.6 Å². The van der Waals surface area contributed by atoms with E-state index in [2.05, 4.69) is 15.6 Å². The van der Waals surface area contributed by atoms with Gasteiger partial charge in [-0.05, 0) is 46.4 Å². The van der Waals surface area contributed by atoms with Crippen molar-refractivity contribution in [2.75, 3.05) is 26.7 Å². The summed E-state index contributed by atoms with van der Waals surface area (Å²) < 4.78 is 30.9. The SMILES string of the molecule is CNCCCCCCNC(=O)/C=C/c1cn([C@H]2CC(OP(=O)(O)C(C)C)[C@@H](COC(C)C)O2)c(=O)[nH]c1=O. The maximum absolute atomic E-state index is 12.6. The molecule has 1 saturated heterocycles. The Morgan fingerprint density at radius 3 is 2.55 bits per heavy atom. The lowest BCUT2D eigenvalue weighted by atomic mass is 10.2. The number of carbonyl (C=O) groups excluding carboxylic acids is 1. The summed E-state index contributed by atoms with van der Waals surface area (Å²) in [4.78, 5) is 49.6. The van der Waals surface area contributed by atoms with Crippen molar-refractivity contribution in [3.8, 4) is 0 Å². The number of H-pyrrole nitrogens is 1. The fraction of sp³-hybridized carbons (Fsp3) is 0.720. The molecule has 1 aliphatic rings. The number of nitrogens with zero attached hydrogens (tertiary/aromatic N) is 1. The van der Waals surface area contributed by atoms with Crippen LogP contribution in [0.5, 0.6) is 0 Å². The van der Waals surface area contributed by atoms with E-state index < -0.39 is 42.9 Å². The second-order valence-electron chi connectivity index (χ2n) is 9.94. The molecule has 1 aromatic rings. The number of ether oxygens (including phenoxy) is 2. The fourth-order valence-corrected chi connectivity index (χ4v) is 4.64. The first-order chi connectivity index (χ1) is 17.9. The second kappa shape index (κ2) is 15.5. The van der Waals surface area contributed by atoms with Crippen LogP contribution in [0.15, 0.2) is 21.9 Å². The van der Waals surface area contributed by atoms with E-state index in [4.69, 9.17) is 14.0 Å². The topological polar surface area (TPSA) is 161 Å². The van der Waals surface area contributed by atoms with Gasteiger partial charge in [-0.3, -0.25) is 23.7 Å². The number of rotatable bonds is 16. The minimum absolute atomic E-state index is 0.0878. The third-order valence-corrected chi connectivity index (χ3v) is 7.96. The van der Waals surface area contributed by atoms with Gasteiger partial charge in [0.25, 0.3) is 5.56 Å². The molecule has 4 N–H and O–H groups in total. The Bertz CT molecular complexity index is 1080. The van der Waals surface area contributed by atoms with Crippen molar-refractivity contribution in [2.24, 2.45) is 0 Å². The van der Waals surface area contributed by atoms with Gasteiger partial charge in [-0.2, -0.15) is 0 Å². The number of amides is 1. The Morgan fingerprint density at radius 2 is 1.92 bits per heavy atom. The minimum Gasteiger partial charge on any atom is -0.376 e. The first kappa shape index (κ1) is 32.1. The van der Waals surface area contributed by atoms with Crippen LogP contribution in [0.2, 0.25) is 0 Å². The Hall–Kier alpha value is -2.08. The first-order valence-corrected chi connectivity index (χ1v) is 14.8. The van der Waals surface area contributed by atoms with Crippen LogP contribution < -0.4 is 21.9 Å². The Kier molecular flexibility index (Phi) is 13.1. The molecule has 0 spiro atoms. The molecule has 216 valence electrons. The zero-order valence-corrected chi connectivity index (χ0v) is 23.9. The molecule has 4 atom stereocenters. The van der Waals surface area contributed by atoms with Crippen molar-refractivity contribution in [3.05, 3.63) is 38.7 Å². The van der Waals surface area contributed by atoms with Crippen molar-refractivity contribution < 1.29 is 28.3 Å². The summed E-state index contributed by atoms with van der Waals surface area (Å²) in [5.41, 5.74) is -1.89. The number of unbranched alkanes of at least 4 members (excludes halogenated alkanes) is 3. The highest BCUT2D eigenvalue weighted by Crippen LogP contribution is 2.51. The molecule has 2 unspecified atom stereocenters. The average Bonchev–Trinajstić information content (AvgIpc) is 3.23. The predicted octanol–water partition coefficient (Wildman–Crippen LogP) is 2.14. The van der Waals surface area contributed by atoms with Crippen LogP contribution in [-0.2, 0) is 23.4 Å². The molecule has 0 bridgehead atoms. The molecule has 2 heterocycles. The van der Waals surface area contributed by atoms with E-state index in [1.165, 1.54) is 22.9 Å². The Balaban J connectivity index is 2.10. The van der Waals surface area contributed by atoms with E-state index in [1.807, 2.05) is 20.9 Å². The molecule has 0 saturated carbocycles. The van der Waals surface area contributed by atoms with Gasteiger partial charge in [0, 0.05) is 25.2 Å². The highest BCUT2D eigenvalue weighted by atomic mass is 31.2. The van der Waals surface area contributed by atoms with Gasteiger partial charge in [-0.1, -0.05) is 26.7 Å². The molecule has 12 nitrogen and oxygen atoms in total. The third-order valence-electron chi connectivity index (χ3n) is 6.09. The summed E-state index contributed by atoms with van der Waals surface area (Å²) in [5, 5.41) is 5.88. The summed E-state index contributed by atoms with van der Waals surface area (Å²) in [7, 11) is -2.01. The molecular formula is C25H43N4O8P. The van der Waals surface area contributed by atoms with E-state index >= 15 is 0 Å². The molecule has 0 radical (unpaired) electrons. The van der Waals surface area contributed by atoms with E-state index in [1.54, 1.807) is 13.8 Å². The largest absolute Gasteiger partial charge is 0.376 e. The molecule has 1 aromatic heterocycles. The summed E-state index contributed by atoms with van der Waals surface area (Å²) >= 11 is 0. The molecule has 0 aliphatic carbocycles. The standard InChI is InChI=1S/C25H43N4O8P/c1-17(2)35-16-21-20(37-38(33,34)18(3)4)14-23(36-21)29-15-19(24(31)28-25(29)32)10-11-22(30)27-13-9-7-6-8-12-26-5/h10-11,15,17-18,20-21,23,26H,6-9,12-14,16H2,1-5H3,(H,27,30)(H,33,34)(H,28,31,32)/b11-10+/t20?,21-,23-/m1/s1. The first-order valence-electron chi connectivity index (χ1n) is 13.2. The van der Waals surface area contributed by atoms with Crippen LogP contribution in [0.4, 0.5) is 0 Å². The third kappa shape index (κ3) is 10.2. The fourth-order valence-electron chi connectivity index (χ4n) is 3.78. The van der Waals surface area contributed by atoms with Crippen LogP contribution in [-0.4, -0.2) is 71.1 Å². The number of carbonyl (C=O) groups is 1. The average molecular weight is 559 g/mol. The number of hydrogen-bond acceptors (Lipinski definition) is 8. The molecule has 1 aliphatic heterocycles.